The number of halogens is 2. The number of carbonyl (C=O) groups excluding carboxylic acids is 3. The SMILES string of the molecule is CCOc1cc(C=C2C(=O)NC(=O)N(C3CCCCC3)C2=O)cc(I)c1OCc1ccc(I)cc1. The zero-order valence-corrected chi connectivity index (χ0v) is 23.6. The van der Waals surface area contributed by atoms with Crippen LogP contribution in [0.4, 0.5) is 4.79 Å². The summed E-state index contributed by atoms with van der Waals surface area (Å²) in [6.07, 6.45) is 6.08. The summed E-state index contributed by atoms with van der Waals surface area (Å²) in [6, 6.07) is 10.9. The highest BCUT2D eigenvalue weighted by molar-refractivity contribution is 14.1. The monoisotopic (exact) mass is 700 g/mol. The molecule has 1 aliphatic carbocycles. The van der Waals surface area contributed by atoms with Crippen LogP contribution in [0.1, 0.15) is 50.2 Å². The Hall–Kier alpha value is -2.15. The van der Waals surface area contributed by atoms with Crippen molar-refractivity contribution in [2.45, 2.75) is 51.7 Å². The van der Waals surface area contributed by atoms with Gasteiger partial charge in [-0.15, -0.1) is 0 Å². The molecule has 1 heterocycles. The van der Waals surface area contributed by atoms with E-state index in [1.807, 2.05) is 37.3 Å². The molecule has 0 bridgehead atoms. The third-order valence-electron chi connectivity index (χ3n) is 6.01. The fraction of sp³-hybridized carbons (Fsp3) is 0.346. The second-order valence-corrected chi connectivity index (χ2v) is 10.9. The molecule has 0 spiro atoms. The predicted molar refractivity (Wildman–Crippen MR) is 149 cm³/mol. The van der Waals surface area contributed by atoms with Gasteiger partial charge < -0.3 is 9.47 Å². The summed E-state index contributed by atoms with van der Waals surface area (Å²) in [6.45, 7) is 2.69. The molecule has 4 amide bonds. The Balaban J connectivity index is 1.61. The zero-order chi connectivity index (χ0) is 24.9. The topological polar surface area (TPSA) is 84.9 Å². The van der Waals surface area contributed by atoms with E-state index in [0.717, 1.165) is 44.8 Å². The number of urea groups is 1. The predicted octanol–water partition coefficient (Wildman–Crippen LogP) is 5.67. The maximum atomic E-state index is 13.2. The van der Waals surface area contributed by atoms with E-state index in [4.69, 9.17) is 9.47 Å². The Morgan fingerprint density at radius 3 is 2.43 bits per heavy atom. The first-order valence-corrected chi connectivity index (χ1v) is 13.8. The van der Waals surface area contributed by atoms with E-state index in [1.165, 1.54) is 11.0 Å². The highest BCUT2D eigenvalue weighted by Crippen LogP contribution is 2.36. The number of rotatable bonds is 7. The molecule has 2 aromatic rings. The highest BCUT2D eigenvalue weighted by atomic mass is 127. The van der Waals surface area contributed by atoms with E-state index < -0.39 is 17.8 Å². The van der Waals surface area contributed by atoms with Gasteiger partial charge >= 0.3 is 6.03 Å². The van der Waals surface area contributed by atoms with E-state index in [2.05, 4.69) is 50.5 Å². The van der Waals surface area contributed by atoms with Gasteiger partial charge in [0.1, 0.15) is 12.2 Å². The Bertz CT molecular complexity index is 1160. The minimum Gasteiger partial charge on any atom is -0.490 e. The number of ether oxygens (including phenoxy) is 2. The van der Waals surface area contributed by atoms with Gasteiger partial charge in [-0.1, -0.05) is 31.4 Å². The lowest BCUT2D eigenvalue weighted by Crippen LogP contribution is -2.58. The van der Waals surface area contributed by atoms with Crippen LogP contribution in [0.5, 0.6) is 11.5 Å². The molecule has 35 heavy (non-hydrogen) atoms. The van der Waals surface area contributed by atoms with Crippen molar-refractivity contribution in [1.29, 1.82) is 0 Å². The molecule has 0 radical (unpaired) electrons. The smallest absolute Gasteiger partial charge is 0.331 e. The fourth-order valence-electron chi connectivity index (χ4n) is 4.32. The molecule has 1 saturated carbocycles. The van der Waals surface area contributed by atoms with Crippen molar-refractivity contribution in [3.63, 3.8) is 0 Å². The number of nitrogens with one attached hydrogen (secondary N) is 1. The Morgan fingerprint density at radius 2 is 1.74 bits per heavy atom. The van der Waals surface area contributed by atoms with Gasteiger partial charge in [-0.2, -0.15) is 0 Å². The summed E-state index contributed by atoms with van der Waals surface area (Å²) in [5.74, 6) is -0.0936. The van der Waals surface area contributed by atoms with Crippen molar-refractivity contribution >= 4 is 69.1 Å². The lowest BCUT2D eigenvalue weighted by Gasteiger charge is -2.35. The van der Waals surface area contributed by atoms with Crippen LogP contribution in [-0.4, -0.2) is 35.4 Å². The number of amides is 4. The molecule has 7 nitrogen and oxygen atoms in total. The summed E-state index contributed by atoms with van der Waals surface area (Å²) >= 11 is 4.42. The summed E-state index contributed by atoms with van der Waals surface area (Å²) < 4.78 is 13.9. The van der Waals surface area contributed by atoms with Crippen molar-refractivity contribution in [2.24, 2.45) is 0 Å². The van der Waals surface area contributed by atoms with Gasteiger partial charge in [0.15, 0.2) is 11.5 Å². The number of nitrogens with zero attached hydrogens (tertiary/aromatic N) is 1. The number of barbiturate groups is 1. The molecule has 2 fully saturated rings. The molecule has 0 atom stereocenters. The van der Waals surface area contributed by atoms with Crippen LogP contribution in [0.2, 0.25) is 0 Å². The van der Waals surface area contributed by atoms with E-state index in [9.17, 15) is 14.4 Å². The normalized spacial score (nSPS) is 18.1. The highest BCUT2D eigenvalue weighted by Gasteiger charge is 2.40. The van der Waals surface area contributed by atoms with Crippen LogP contribution >= 0.6 is 45.2 Å². The molecule has 2 aromatic carbocycles. The van der Waals surface area contributed by atoms with Gasteiger partial charge in [0.25, 0.3) is 11.8 Å². The Labute approximate surface area is 231 Å². The molecule has 1 N–H and O–H groups in total. The van der Waals surface area contributed by atoms with Gasteiger partial charge in [0, 0.05) is 9.61 Å². The fourth-order valence-corrected chi connectivity index (χ4v) is 5.46. The van der Waals surface area contributed by atoms with Gasteiger partial charge in [-0.05, 0) is 106 Å². The minimum absolute atomic E-state index is 0.0546. The molecule has 0 aromatic heterocycles. The summed E-state index contributed by atoms with van der Waals surface area (Å²) in [5.41, 5.74) is 1.60. The molecule has 184 valence electrons. The van der Waals surface area contributed by atoms with Gasteiger partial charge in [-0.25, -0.2) is 4.79 Å². The molecule has 9 heteroatoms. The average Bonchev–Trinajstić information content (AvgIpc) is 2.83. The molecule has 4 rings (SSSR count). The zero-order valence-electron chi connectivity index (χ0n) is 19.3. The quantitative estimate of drug-likeness (QED) is 0.229. The first kappa shape index (κ1) is 25.9. The summed E-state index contributed by atoms with van der Waals surface area (Å²) in [4.78, 5) is 39.5. The first-order chi connectivity index (χ1) is 16.9. The van der Waals surface area contributed by atoms with Crippen LogP contribution in [0.3, 0.4) is 0 Å². The largest absolute Gasteiger partial charge is 0.490 e. The lowest BCUT2D eigenvalue weighted by molar-refractivity contribution is -0.132. The minimum atomic E-state index is -0.681. The molecule has 2 aliphatic rings. The summed E-state index contributed by atoms with van der Waals surface area (Å²) in [5, 5.41) is 2.34. The molecule has 1 aliphatic heterocycles. The second-order valence-electron chi connectivity index (χ2n) is 8.46. The lowest BCUT2D eigenvalue weighted by atomic mass is 9.93. The standard InChI is InChI=1S/C26H26I2N2O5/c1-2-34-22-14-17(13-21(28)23(22)35-15-16-8-10-18(27)11-9-16)12-20-24(31)29-26(33)30(25(20)32)19-6-4-3-5-7-19/h8-14,19H,2-7,15H2,1H3,(H,29,31,33). The van der Waals surface area contributed by atoms with Crippen molar-refractivity contribution in [3.05, 3.63) is 60.2 Å². The Kier molecular flexibility index (Phi) is 8.68. The number of carbonyl (C=O) groups is 3. The van der Waals surface area contributed by atoms with E-state index in [-0.39, 0.29) is 11.6 Å². The maximum Gasteiger partial charge on any atom is 0.331 e. The van der Waals surface area contributed by atoms with E-state index in [0.29, 0.717) is 30.3 Å². The van der Waals surface area contributed by atoms with E-state index >= 15 is 0 Å². The van der Waals surface area contributed by atoms with E-state index in [1.54, 1.807) is 6.07 Å². The van der Waals surface area contributed by atoms with Crippen LogP contribution in [0.25, 0.3) is 6.08 Å². The van der Waals surface area contributed by atoms with Crippen LogP contribution in [0.15, 0.2) is 42.0 Å². The third-order valence-corrected chi connectivity index (χ3v) is 7.53. The van der Waals surface area contributed by atoms with Gasteiger partial charge in [0.2, 0.25) is 0 Å². The maximum absolute atomic E-state index is 13.2. The van der Waals surface area contributed by atoms with Crippen molar-refractivity contribution in [3.8, 4) is 11.5 Å². The van der Waals surface area contributed by atoms with Crippen LogP contribution in [-0.2, 0) is 16.2 Å². The Morgan fingerprint density at radius 1 is 1.03 bits per heavy atom. The third kappa shape index (κ3) is 6.16. The number of hydrogen-bond donors (Lipinski definition) is 1. The van der Waals surface area contributed by atoms with Crippen molar-refractivity contribution in [2.75, 3.05) is 6.61 Å². The molecular weight excluding hydrogens is 674 g/mol. The first-order valence-electron chi connectivity index (χ1n) is 11.6. The van der Waals surface area contributed by atoms with Crippen molar-refractivity contribution < 1.29 is 23.9 Å². The van der Waals surface area contributed by atoms with Crippen molar-refractivity contribution in [1.82, 2.24) is 10.2 Å². The average molecular weight is 700 g/mol. The van der Waals surface area contributed by atoms with Gasteiger partial charge in [0.05, 0.1) is 10.2 Å². The number of imide groups is 2. The van der Waals surface area contributed by atoms with Gasteiger partial charge in [-0.3, -0.25) is 19.8 Å². The molecule has 1 saturated heterocycles. The second kappa shape index (κ2) is 11.7. The van der Waals surface area contributed by atoms with Crippen LogP contribution < -0.4 is 14.8 Å². The number of hydrogen-bond acceptors (Lipinski definition) is 5. The number of benzene rings is 2. The van der Waals surface area contributed by atoms with Crippen LogP contribution in [0, 0.1) is 7.14 Å². The summed E-state index contributed by atoms with van der Waals surface area (Å²) in [7, 11) is 0. The molecular formula is C26H26I2N2O5. The molecule has 0 unspecified atom stereocenters.